The quantitative estimate of drug-likeness (QED) is 0.146. The Kier molecular flexibility index (Phi) is 14.2. The Morgan fingerprint density at radius 3 is 1.80 bits per heavy atom. The minimum atomic E-state index is -0.160. The second kappa shape index (κ2) is 16.8. The van der Waals surface area contributed by atoms with Crippen molar-refractivity contribution in [1.29, 1.82) is 0 Å². The van der Waals surface area contributed by atoms with E-state index in [1.54, 1.807) is 6.07 Å². The van der Waals surface area contributed by atoms with Gasteiger partial charge in [-0.05, 0) is 46.4 Å². The smallest absolute Gasteiger partial charge is 0.187 e. The first-order valence-electron chi connectivity index (χ1n) is 13.1. The molecular formula is C29H42ClO4P. The van der Waals surface area contributed by atoms with E-state index in [9.17, 15) is 4.79 Å². The van der Waals surface area contributed by atoms with Gasteiger partial charge in [-0.3, -0.25) is 4.79 Å². The molecule has 1 atom stereocenters. The van der Waals surface area contributed by atoms with Crippen molar-refractivity contribution in [3.05, 3.63) is 46.5 Å². The summed E-state index contributed by atoms with van der Waals surface area (Å²) in [4.78, 5) is 13.4. The molecule has 1 unspecified atom stereocenters. The lowest BCUT2D eigenvalue weighted by Gasteiger charge is -2.19. The molecule has 35 heavy (non-hydrogen) atoms. The Labute approximate surface area is 218 Å². The van der Waals surface area contributed by atoms with Crippen molar-refractivity contribution >= 4 is 31.0 Å². The van der Waals surface area contributed by atoms with Crippen LogP contribution in [0.25, 0.3) is 0 Å². The Balaban J connectivity index is 2.38. The largest absolute Gasteiger partial charge is 0.493 e. The average Bonchev–Trinajstić information content (AvgIpc) is 2.84. The van der Waals surface area contributed by atoms with E-state index in [0.29, 0.717) is 41.9 Å². The molecule has 194 valence electrons. The number of hydrogen-bond donors (Lipinski definition) is 0. The molecule has 2 rings (SSSR count). The number of carbonyl (C=O) groups excluding carboxylic acids is 1. The first-order valence-corrected chi connectivity index (χ1v) is 14.5. The zero-order chi connectivity index (χ0) is 25.5. The maximum atomic E-state index is 13.4. The highest BCUT2D eigenvalue weighted by Crippen LogP contribution is 2.36. The Bertz CT molecular complexity index is 862. The lowest BCUT2D eigenvalue weighted by Crippen LogP contribution is -2.14. The summed E-state index contributed by atoms with van der Waals surface area (Å²) in [6.45, 7) is 10.3. The number of rotatable bonds is 18. The van der Waals surface area contributed by atoms with Crippen molar-refractivity contribution in [1.82, 2.24) is 0 Å². The first kappa shape index (κ1) is 29.5. The second-order valence-electron chi connectivity index (χ2n) is 8.85. The molecule has 0 aliphatic heterocycles. The van der Waals surface area contributed by atoms with E-state index in [1.807, 2.05) is 31.2 Å². The van der Waals surface area contributed by atoms with Crippen LogP contribution in [0.3, 0.4) is 0 Å². The van der Waals surface area contributed by atoms with Crippen molar-refractivity contribution in [3.8, 4) is 17.2 Å². The Hall–Kier alpha value is -1.77. The maximum absolute atomic E-state index is 13.4. The van der Waals surface area contributed by atoms with Crippen LogP contribution in [-0.4, -0.2) is 25.3 Å². The van der Waals surface area contributed by atoms with Gasteiger partial charge in [0.1, 0.15) is 17.2 Å². The van der Waals surface area contributed by atoms with Gasteiger partial charge in [0.05, 0.1) is 30.1 Å². The molecule has 0 aromatic heterocycles. The predicted octanol–water partition coefficient (Wildman–Crippen LogP) is 8.50. The summed E-state index contributed by atoms with van der Waals surface area (Å²) in [5.74, 6) is 2.08. The predicted molar refractivity (Wildman–Crippen MR) is 150 cm³/mol. The molecule has 0 N–H and O–H groups in total. The number of aryl methyl sites for hydroxylation is 1. The molecule has 0 saturated carbocycles. The van der Waals surface area contributed by atoms with Crippen LogP contribution in [0.4, 0.5) is 0 Å². The standard InChI is InChI=1S/C29H42ClO4P/c1-5-8-11-17-32-23-20-25(33-18-12-9-6-2)28(26(21-23)34-19-13-10-7-3)35-29(31)27-22(4)15-14-16-24(27)30/h14-16,20-21,35H,5-13,17-19H2,1-4H3. The Morgan fingerprint density at radius 2 is 1.31 bits per heavy atom. The molecular weight excluding hydrogens is 479 g/mol. The van der Waals surface area contributed by atoms with Gasteiger partial charge in [-0.15, -0.1) is 0 Å². The van der Waals surface area contributed by atoms with Crippen molar-refractivity contribution in [2.75, 3.05) is 19.8 Å². The number of halogens is 1. The topological polar surface area (TPSA) is 44.8 Å². The van der Waals surface area contributed by atoms with E-state index >= 15 is 0 Å². The number of unbranched alkanes of at least 4 members (excludes halogenated alkanes) is 6. The maximum Gasteiger partial charge on any atom is 0.187 e. The van der Waals surface area contributed by atoms with E-state index < -0.39 is 0 Å². The van der Waals surface area contributed by atoms with Crippen LogP contribution in [0, 0.1) is 6.92 Å². The fourth-order valence-electron chi connectivity index (χ4n) is 3.71. The van der Waals surface area contributed by atoms with Crippen LogP contribution >= 0.6 is 20.2 Å². The third-order valence-electron chi connectivity index (χ3n) is 5.75. The fraction of sp³-hybridized carbons (Fsp3) is 0.552. The number of hydrogen-bond acceptors (Lipinski definition) is 4. The van der Waals surface area contributed by atoms with Gasteiger partial charge in [0.2, 0.25) is 0 Å². The lowest BCUT2D eigenvalue weighted by molar-refractivity contribution is 0.108. The van der Waals surface area contributed by atoms with Gasteiger partial charge in [0.25, 0.3) is 0 Å². The molecule has 0 aliphatic carbocycles. The molecule has 0 amide bonds. The van der Waals surface area contributed by atoms with E-state index in [1.165, 1.54) is 0 Å². The SMILES string of the molecule is CCCCCOc1cc(OCCCCC)c(PC(=O)c2c(C)cccc2Cl)c(OCCCCC)c1. The zero-order valence-electron chi connectivity index (χ0n) is 21.9. The lowest BCUT2D eigenvalue weighted by atomic mass is 10.1. The van der Waals surface area contributed by atoms with E-state index in [4.69, 9.17) is 25.8 Å². The monoisotopic (exact) mass is 520 g/mol. The highest BCUT2D eigenvalue weighted by Gasteiger charge is 2.21. The van der Waals surface area contributed by atoms with Crippen LogP contribution in [0.5, 0.6) is 17.2 Å². The highest BCUT2D eigenvalue weighted by molar-refractivity contribution is 7.66. The van der Waals surface area contributed by atoms with Gasteiger partial charge in [0, 0.05) is 17.7 Å². The van der Waals surface area contributed by atoms with Gasteiger partial charge < -0.3 is 14.2 Å². The summed E-state index contributed by atoms with van der Waals surface area (Å²) in [7, 11) is -0.160. The van der Waals surface area contributed by atoms with Crippen LogP contribution in [0.15, 0.2) is 30.3 Å². The third-order valence-corrected chi connectivity index (χ3v) is 7.29. The van der Waals surface area contributed by atoms with Crippen LogP contribution in [0.2, 0.25) is 5.02 Å². The van der Waals surface area contributed by atoms with Crippen LogP contribution < -0.4 is 19.5 Å². The van der Waals surface area contributed by atoms with E-state index in [2.05, 4.69) is 20.8 Å². The van der Waals surface area contributed by atoms with Gasteiger partial charge >= 0.3 is 0 Å². The van der Waals surface area contributed by atoms with Crippen molar-refractivity contribution in [3.63, 3.8) is 0 Å². The normalized spacial score (nSPS) is 11.2. The summed E-state index contributed by atoms with van der Waals surface area (Å²) in [5, 5.41) is 1.28. The van der Waals surface area contributed by atoms with E-state index in [0.717, 1.165) is 74.4 Å². The number of ether oxygens (including phenoxy) is 3. The minimum absolute atomic E-state index is 0.0125. The molecule has 0 spiro atoms. The zero-order valence-corrected chi connectivity index (χ0v) is 23.6. The molecule has 6 heteroatoms. The van der Waals surface area contributed by atoms with Gasteiger partial charge in [0.15, 0.2) is 5.52 Å². The van der Waals surface area contributed by atoms with Crippen molar-refractivity contribution in [2.45, 2.75) is 85.5 Å². The molecule has 2 aromatic carbocycles. The molecule has 0 saturated heterocycles. The molecule has 0 heterocycles. The molecule has 2 aromatic rings. The number of carbonyl (C=O) groups is 1. The highest BCUT2D eigenvalue weighted by atomic mass is 35.5. The molecule has 0 fully saturated rings. The summed E-state index contributed by atoms with van der Waals surface area (Å²) in [6, 6.07) is 9.40. The summed E-state index contributed by atoms with van der Waals surface area (Å²) >= 11 is 6.42. The Morgan fingerprint density at radius 1 is 0.800 bits per heavy atom. The van der Waals surface area contributed by atoms with E-state index in [-0.39, 0.29) is 14.1 Å². The minimum Gasteiger partial charge on any atom is -0.493 e. The van der Waals surface area contributed by atoms with Gasteiger partial charge in [-0.25, -0.2) is 0 Å². The third kappa shape index (κ3) is 10.0. The second-order valence-corrected chi connectivity index (χ2v) is 10.5. The van der Waals surface area contributed by atoms with Crippen LogP contribution in [0.1, 0.15) is 94.5 Å². The molecule has 0 bridgehead atoms. The first-order chi connectivity index (χ1) is 17.0. The summed E-state index contributed by atoms with van der Waals surface area (Å²) in [6.07, 6.45) is 9.64. The fourth-order valence-corrected chi connectivity index (χ4v) is 5.31. The van der Waals surface area contributed by atoms with Crippen molar-refractivity contribution in [2.24, 2.45) is 0 Å². The molecule has 4 nitrogen and oxygen atoms in total. The summed E-state index contributed by atoms with van der Waals surface area (Å²) < 4.78 is 18.5. The summed E-state index contributed by atoms with van der Waals surface area (Å²) in [5.41, 5.74) is 1.43. The van der Waals surface area contributed by atoms with Crippen molar-refractivity contribution < 1.29 is 19.0 Å². The van der Waals surface area contributed by atoms with Gasteiger partial charge in [-0.1, -0.05) is 83.0 Å². The molecule has 0 radical (unpaired) electrons. The molecule has 0 aliphatic rings. The van der Waals surface area contributed by atoms with Gasteiger partial charge in [-0.2, -0.15) is 0 Å². The average molecular weight is 521 g/mol. The van der Waals surface area contributed by atoms with Crippen LogP contribution in [-0.2, 0) is 0 Å². The number of benzene rings is 2.